The summed E-state index contributed by atoms with van der Waals surface area (Å²) in [5.74, 6) is 0. The largest absolute Gasteiger partial charge is 0.243 e. The summed E-state index contributed by atoms with van der Waals surface area (Å²) in [6, 6.07) is 17.9. The van der Waals surface area contributed by atoms with Crippen molar-refractivity contribution >= 4 is 17.7 Å². The van der Waals surface area contributed by atoms with Crippen LogP contribution in [0.3, 0.4) is 0 Å². The summed E-state index contributed by atoms with van der Waals surface area (Å²) < 4.78 is 4.52. The summed E-state index contributed by atoms with van der Waals surface area (Å²) in [5, 5.41) is 0. The van der Waals surface area contributed by atoms with Crippen LogP contribution in [-0.2, 0) is 13.0 Å². The van der Waals surface area contributed by atoms with Gasteiger partial charge in [0.2, 0.25) is 0 Å². The molecular formula is C30H46N2S. The van der Waals surface area contributed by atoms with E-state index < -0.39 is 0 Å². The van der Waals surface area contributed by atoms with Crippen LogP contribution in [0.1, 0.15) is 76.1 Å². The van der Waals surface area contributed by atoms with Crippen LogP contribution in [0.15, 0.2) is 66.3 Å². The van der Waals surface area contributed by atoms with Gasteiger partial charge in [-0.25, -0.2) is 8.61 Å². The maximum absolute atomic E-state index is 4.31. The lowest BCUT2D eigenvalue weighted by Gasteiger charge is -2.22. The molecular weight excluding hydrogens is 420 g/mol. The number of nitrogens with zero attached hydrogens (tertiary/aromatic N) is 2. The third-order valence-electron chi connectivity index (χ3n) is 5.70. The molecule has 0 atom stereocenters. The van der Waals surface area contributed by atoms with Gasteiger partial charge in [-0.05, 0) is 82.8 Å². The molecule has 0 saturated heterocycles. The Morgan fingerprint density at radius 3 is 2.00 bits per heavy atom. The fourth-order valence-electron chi connectivity index (χ4n) is 3.58. The Hall–Kier alpha value is -1.81. The molecule has 0 aromatic heterocycles. The van der Waals surface area contributed by atoms with E-state index in [2.05, 4.69) is 106 Å². The number of hydrogen-bond donors (Lipinski definition) is 0. The van der Waals surface area contributed by atoms with E-state index in [4.69, 9.17) is 0 Å². The average molecular weight is 467 g/mol. The minimum Gasteiger partial charge on any atom is -0.243 e. The average Bonchev–Trinajstić information content (AvgIpc) is 2.81. The predicted octanol–water partition coefficient (Wildman–Crippen LogP) is 8.73. The first kappa shape index (κ1) is 29.2. The normalized spacial score (nSPS) is 11.8. The van der Waals surface area contributed by atoms with Crippen molar-refractivity contribution in [2.45, 2.75) is 73.8 Å². The molecule has 0 spiro atoms. The Kier molecular flexibility index (Phi) is 14.1. The van der Waals surface area contributed by atoms with Crippen molar-refractivity contribution in [3.63, 3.8) is 0 Å². The van der Waals surface area contributed by atoms with E-state index in [0.717, 1.165) is 32.4 Å². The zero-order chi connectivity index (χ0) is 24.8. The molecule has 0 aliphatic carbocycles. The van der Waals surface area contributed by atoms with E-state index in [-0.39, 0.29) is 0 Å². The van der Waals surface area contributed by atoms with Crippen LogP contribution in [0.5, 0.6) is 0 Å². The topological polar surface area (TPSA) is 6.48 Å². The first-order chi connectivity index (χ1) is 15.8. The van der Waals surface area contributed by atoms with Crippen LogP contribution in [0.4, 0.5) is 0 Å². The maximum Gasteiger partial charge on any atom is 0.0352 e. The number of benzene rings is 2. The van der Waals surface area contributed by atoms with Crippen LogP contribution in [-0.4, -0.2) is 29.3 Å². The SMILES string of the molecule is C=C(C/C(C)=C(\C)CCCc1ccc(CN(CC)SN(C)C)cc1)c1ccc(C)cc1.CC. The third-order valence-corrected chi connectivity index (χ3v) is 6.64. The Bertz CT molecular complexity index is 848. The molecule has 3 heteroatoms. The van der Waals surface area contributed by atoms with Gasteiger partial charge in [0.05, 0.1) is 0 Å². The van der Waals surface area contributed by atoms with Crippen LogP contribution in [0.25, 0.3) is 5.57 Å². The second-order valence-corrected chi connectivity index (χ2v) is 10.1. The van der Waals surface area contributed by atoms with E-state index in [0.29, 0.717) is 0 Å². The van der Waals surface area contributed by atoms with Crippen molar-refractivity contribution in [3.8, 4) is 0 Å². The minimum absolute atomic E-state index is 0.961. The molecule has 2 nitrogen and oxygen atoms in total. The summed E-state index contributed by atoms with van der Waals surface area (Å²) in [5.41, 5.74) is 9.53. The van der Waals surface area contributed by atoms with E-state index in [1.54, 1.807) is 12.1 Å². The Balaban J connectivity index is 0.00000265. The molecule has 0 unspecified atom stereocenters. The molecule has 0 saturated carbocycles. The number of aryl methyl sites for hydroxylation is 2. The van der Waals surface area contributed by atoms with Gasteiger partial charge in [-0.2, -0.15) is 0 Å². The Labute approximate surface area is 209 Å². The van der Waals surface area contributed by atoms with Gasteiger partial charge in [0.15, 0.2) is 0 Å². The maximum atomic E-state index is 4.31. The van der Waals surface area contributed by atoms with Gasteiger partial charge >= 0.3 is 0 Å². The Morgan fingerprint density at radius 1 is 0.879 bits per heavy atom. The van der Waals surface area contributed by atoms with Gasteiger partial charge in [-0.3, -0.25) is 0 Å². The second kappa shape index (κ2) is 15.9. The molecule has 2 aromatic carbocycles. The predicted molar refractivity (Wildman–Crippen MR) is 151 cm³/mol. The Morgan fingerprint density at radius 2 is 1.45 bits per heavy atom. The highest BCUT2D eigenvalue weighted by Crippen LogP contribution is 2.25. The molecule has 2 rings (SSSR count). The fraction of sp³-hybridized carbons (Fsp3) is 0.467. The molecule has 0 heterocycles. The highest BCUT2D eigenvalue weighted by Gasteiger charge is 2.07. The molecule has 33 heavy (non-hydrogen) atoms. The molecule has 2 aromatic rings. The van der Waals surface area contributed by atoms with Gasteiger partial charge in [0.1, 0.15) is 0 Å². The molecule has 0 aliphatic rings. The van der Waals surface area contributed by atoms with E-state index in [1.807, 2.05) is 13.8 Å². The summed E-state index contributed by atoms with van der Waals surface area (Å²) >= 11 is 1.78. The molecule has 0 N–H and O–H groups in total. The summed E-state index contributed by atoms with van der Waals surface area (Å²) in [7, 11) is 4.18. The van der Waals surface area contributed by atoms with Crippen LogP contribution < -0.4 is 0 Å². The third kappa shape index (κ3) is 11.2. The lowest BCUT2D eigenvalue weighted by atomic mass is 9.95. The van der Waals surface area contributed by atoms with Crippen LogP contribution >= 0.6 is 12.1 Å². The number of hydrogen-bond acceptors (Lipinski definition) is 3. The van der Waals surface area contributed by atoms with Crippen molar-refractivity contribution in [1.29, 1.82) is 0 Å². The van der Waals surface area contributed by atoms with E-state index in [1.165, 1.54) is 45.4 Å². The van der Waals surface area contributed by atoms with Gasteiger partial charge in [-0.1, -0.05) is 92.6 Å². The van der Waals surface area contributed by atoms with Crippen molar-refractivity contribution in [2.75, 3.05) is 20.6 Å². The van der Waals surface area contributed by atoms with Crippen molar-refractivity contribution < 1.29 is 0 Å². The highest BCUT2D eigenvalue weighted by molar-refractivity contribution is 7.94. The zero-order valence-corrected chi connectivity index (χ0v) is 23.2. The number of allylic oxidation sites excluding steroid dienone is 3. The smallest absolute Gasteiger partial charge is 0.0352 e. The standard InChI is InChI=1S/C28H40N2S.C2H6/c1-8-30(31-29(6)7)21-27-16-14-26(15-17-27)11-9-10-23(3)24(4)20-25(5)28-18-12-22(2)13-19-28;1-2/h12-19H,5,8-11,20-21H2,1-4,6-7H3;1-2H3/b24-23+;. The van der Waals surface area contributed by atoms with Gasteiger partial charge in [0, 0.05) is 25.2 Å². The van der Waals surface area contributed by atoms with E-state index >= 15 is 0 Å². The van der Waals surface area contributed by atoms with Crippen molar-refractivity contribution in [1.82, 2.24) is 8.61 Å². The molecule has 0 bridgehead atoms. The molecule has 182 valence electrons. The molecule has 0 radical (unpaired) electrons. The summed E-state index contributed by atoms with van der Waals surface area (Å²) in [6.07, 6.45) is 4.44. The minimum atomic E-state index is 0.961. The summed E-state index contributed by atoms with van der Waals surface area (Å²) in [6.45, 7) is 19.2. The fourth-order valence-corrected chi connectivity index (χ4v) is 4.36. The number of rotatable bonds is 12. The lowest BCUT2D eigenvalue weighted by Crippen LogP contribution is -2.20. The van der Waals surface area contributed by atoms with E-state index in [9.17, 15) is 0 Å². The first-order valence-electron chi connectivity index (χ1n) is 12.4. The van der Waals surface area contributed by atoms with Crippen LogP contribution in [0.2, 0.25) is 0 Å². The molecule has 0 fully saturated rings. The van der Waals surface area contributed by atoms with Gasteiger partial charge < -0.3 is 0 Å². The zero-order valence-electron chi connectivity index (χ0n) is 22.4. The van der Waals surface area contributed by atoms with Crippen LogP contribution in [0, 0.1) is 6.92 Å². The quantitative estimate of drug-likeness (QED) is 0.228. The van der Waals surface area contributed by atoms with Crippen molar-refractivity contribution in [3.05, 3.63) is 88.5 Å². The lowest BCUT2D eigenvalue weighted by molar-refractivity contribution is 0.470. The molecule has 0 aliphatic heterocycles. The van der Waals surface area contributed by atoms with Crippen molar-refractivity contribution in [2.24, 2.45) is 0 Å². The first-order valence-corrected chi connectivity index (χ1v) is 13.1. The second-order valence-electron chi connectivity index (χ2n) is 8.73. The van der Waals surface area contributed by atoms with Gasteiger partial charge in [0.25, 0.3) is 0 Å². The monoisotopic (exact) mass is 466 g/mol. The van der Waals surface area contributed by atoms with Gasteiger partial charge in [-0.15, -0.1) is 0 Å². The molecule has 0 amide bonds. The highest BCUT2D eigenvalue weighted by atomic mass is 32.2. The summed E-state index contributed by atoms with van der Waals surface area (Å²) in [4.78, 5) is 0.